The number of thioether (sulfide) groups is 1. The lowest BCUT2D eigenvalue weighted by atomic mass is 9.97. The van der Waals surface area contributed by atoms with Gasteiger partial charge < -0.3 is 4.90 Å². The maximum Gasteiger partial charge on any atom is 0.416 e. The van der Waals surface area contributed by atoms with Crippen LogP contribution in [-0.2, 0) is 18.8 Å². The van der Waals surface area contributed by atoms with E-state index < -0.39 is 41.0 Å². The summed E-state index contributed by atoms with van der Waals surface area (Å²) in [6.07, 6.45) is -5.38. The van der Waals surface area contributed by atoms with Crippen molar-refractivity contribution in [3.63, 3.8) is 0 Å². The number of aryl methyl sites for hydroxylation is 2. The Morgan fingerprint density at radius 2 is 1.44 bits per heavy atom. The minimum absolute atomic E-state index is 0.0519. The second-order valence-electron chi connectivity index (χ2n) is 10.7. The van der Waals surface area contributed by atoms with E-state index in [1.807, 2.05) is 43.8 Å². The number of rotatable bonds is 7. The lowest BCUT2D eigenvalue weighted by Crippen LogP contribution is -2.56. The van der Waals surface area contributed by atoms with E-state index in [-0.39, 0.29) is 12.6 Å². The van der Waals surface area contributed by atoms with Crippen LogP contribution >= 0.6 is 11.8 Å². The number of carbonyl (C=O) groups is 1. The molecule has 0 aliphatic carbocycles. The number of hydrogen-bond donors (Lipinski definition) is 0. The Labute approximate surface area is 241 Å². The van der Waals surface area contributed by atoms with Crippen LogP contribution in [0.25, 0.3) is 0 Å². The third kappa shape index (κ3) is 8.51. The van der Waals surface area contributed by atoms with Gasteiger partial charge in [0.25, 0.3) is 5.91 Å². The molecule has 2 aliphatic heterocycles. The first kappa shape index (κ1) is 31.4. The maximum atomic E-state index is 13.6. The van der Waals surface area contributed by atoms with Gasteiger partial charge in [0.2, 0.25) is 0 Å². The SMILES string of the molecule is Cc1ccc(C[C@@H]2CN(C/C=C/CN3CCSCC3)CCN2C(=O)c2cc(C(F)(F)F)cc(C(F)(F)F)c2)cc1C. The van der Waals surface area contributed by atoms with E-state index in [0.29, 0.717) is 38.2 Å². The number of benzene rings is 2. The summed E-state index contributed by atoms with van der Waals surface area (Å²) in [5, 5.41) is 0. The largest absolute Gasteiger partial charge is 0.416 e. The Hall–Kier alpha value is -2.50. The predicted molar refractivity (Wildman–Crippen MR) is 150 cm³/mol. The molecule has 2 fully saturated rings. The van der Waals surface area contributed by atoms with Crippen molar-refractivity contribution in [2.45, 2.75) is 38.7 Å². The Kier molecular flexibility index (Phi) is 10.1. The van der Waals surface area contributed by atoms with Crippen LogP contribution in [0.5, 0.6) is 0 Å². The van der Waals surface area contributed by atoms with E-state index in [0.717, 1.165) is 47.8 Å². The van der Waals surface area contributed by atoms with Crippen LogP contribution in [-0.4, -0.2) is 84.0 Å². The van der Waals surface area contributed by atoms with E-state index >= 15 is 0 Å². The quantitative estimate of drug-likeness (QED) is 0.275. The summed E-state index contributed by atoms with van der Waals surface area (Å²) in [7, 11) is 0. The smallest absolute Gasteiger partial charge is 0.333 e. The average Bonchev–Trinajstić information content (AvgIpc) is 2.92. The molecule has 0 radical (unpaired) electrons. The fourth-order valence-corrected chi connectivity index (χ4v) is 6.18. The minimum Gasteiger partial charge on any atom is -0.333 e. The average molecular weight is 600 g/mol. The zero-order chi connectivity index (χ0) is 29.8. The fourth-order valence-electron chi connectivity index (χ4n) is 5.21. The highest BCUT2D eigenvalue weighted by Crippen LogP contribution is 2.37. The summed E-state index contributed by atoms with van der Waals surface area (Å²) < 4.78 is 80.9. The molecule has 4 rings (SSSR count). The summed E-state index contributed by atoms with van der Waals surface area (Å²) in [4.78, 5) is 19.6. The van der Waals surface area contributed by atoms with Gasteiger partial charge in [0.05, 0.1) is 11.1 Å². The molecule has 2 aliphatic rings. The van der Waals surface area contributed by atoms with E-state index in [1.54, 1.807) is 0 Å². The van der Waals surface area contributed by atoms with E-state index in [9.17, 15) is 31.1 Å². The lowest BCUT2D eigenvalue weighted by molar-refractivity contribution is -0.143. The summed E-state index contributed by atoms with van der Waals surface area (Å²) in [5.41, 5.74) is -0.454. The van der Waals surface area contributed by atoms with Crippen LogP contribution in [0.15, 0.2) is 48.6 Å². The molecule has 11 heteroatoms. The first-order valence-electron chi connectivity index (χ1n) is 13.7. The van der Waals surface area contributed by atoms with Crippen molar-refractivity contribution in [3.05, 3.63) is 81.9 Å². The van der Waals surface area contributed by atoms with Gasteiger partial charge in [0, 0.05) is 68.9 Å². The zero-order valence-electron chi connectivity index (χ0n) is 23.2. The van der Waals surface area contributed by atoms with Crippen LogP contribution in [0, 0.1) is 13.8 Å². The van der Waals surface area contributed by atoms with Gasteiger partial charge in [-0.2, -0.15) is 38.1 Å². The monoisotopic (exact) mass is 599 g/mol. The Bertz CT molecular complexity index is 1210. The minimum atomic E-state index is -5.02. The first-order chi connectivity index (χ1) is 19.3. The molecule has 0 spiro atoms. The van der Waals surface area contributed by atoms with Crippen molar-refractivity contribution in [1.82, 2.24) is 14.7 Å². The van der Waals surface area contributed by atoms with Gasteiger partial charge in [-0.05, 0) is 55.2 Å². The summed E-state index contributed by atoms with van der Waals surface area (Å²) >= 11 is 1.95. The molecule has 1 atom stereocenters. The summed E-state index contributed by atoms with van der Waals surface area (Å²) in [6.45, 7) is 8.69. The number of halogens is 6. The molecular formula is C30H35F6N3OS. The molecule has 1 amide bonds. The van der Waals surface area contributed by atoms with Crippen LogP contribution in [0.1, 0.15) is 38.2 Å². The maximum absolute atomic E-state index is 13.6. The predicted octanol–water partition coefficient (Wildman–Crippen LogP) is 6.32. The molecule has 2 heterocycles. The van der Waals surface area contributed by atoms with Gasteiger partial charge in [-0.25, -0.2) is 0 Å². The first-order valence-corrected chi connectivity index (χ1v) is 14.8. The van der Waals surface area contributed by atoms with Crippen LogP contribution in [0.4, 0.5) is 26.3 Å². The molecule has 0 saturated carbocycles. The number of hydrogen-bond acceptors (Lipinski definition) is 4. The zero-order valence-corrected chi connectivity index (χ0v) is 24.0. The molecule has 0 unspecified atom stereocenters. The number of carbonyl (C=O) groups excluding carboxylic acids is 1. The second-order valence-corrected chi connectivity index (χ2v) is 11.9. The Morgan fingerprint density at radius 3 is 2.02 bits per heavy atom. The number of alkyl halides is 6. The van der Waals surface area contributed by atoms with E-state index in [1.165, 1.54) is 4.90 Å². The van der Waals surface area contributed by atoms with Crippen molar-refractivity contribution in [3.8, 4) is 0 Å². The number of piperazine rings is 1. The van der Waals surface area contributed by atoms with Gasteiger partial charge in [0.15, 0.2) is 0 Å². The molecule has 0 N–H and O–H groups in total. The van der Waals surface area contributed by atoms with E-state index in [2.05, 4.69) is 22.0 Å². The molecule has 41 heavy (non-hydrogen) atoms. The van der Waals surface area contributed by atoms with Gasteiger partial charge in [-0.1, -0.05) is 30.4 Å². The highest BCUT2D eigenvalue weighted by Gasteiger charge is 2.39. The molecule has 224 valence electrons. The van der Waals surface area contributed by atoms with Crippen LogP contribution in [0.3, 0.4) is 0 Å². The third-order valence-electron chi connectivity index (χ3n) is 7.70. The topological polar surface area (TPSA) is 26.8 Å². The second kappa shape index (κ2) is 13.2. The van der Waals surface area contributed by atoms with Crippen molar-refractivity contribution in [1.29, 1.82) is 0 Å². The van der Waals surface area contributed by atoms with Crippen LogP contribution in [0.2, 0.25) is 0 Å². The Balaban J connectivity index is 1.55. The molecule has 2 aromatic carbocycles. The van der Waals surface area contributed by atoms with E-state index in [4.69, 9.17) is 0 Å². The molecule has 0 bridgehead atoms. The van der Waals surface area contributed by atoms with Gasteiger partial charge in [0.1, 0.15) is 0 Å². The summed E-state index contributed by atoms with van der Waals surface area (Å²) in [6, 6.07) is 6.62. The fraction of sp³-hybridized carbons (Fsp3) is 0.500. The standard InChI is InChI=1S/C30H35F6N3OS/c1-21-5-6-23(15-22(21)2)16-27-20-38(8-4-3-7-37-11-13-41-14-12-37)9-10-39(27)28(40)24-17-25(29(31,32)33)19-26(18-24)30(34,35)36/h3-6,15,17-19,27H,7-14,16,20H2,1-2H3/b4-3+/t27-/m1/s1. The molecular weight excluding hydrogens is 564 g/mol. The molecule has 0 aromatic heterocycles. The number of amides is 1. The lowest BCUT2D eigenvalue weighted by Gasteiger charge is -2.41. The highest BCUT2D eigenvalue weighted by molar-refractivity contribution is 7.99. The highest BCUT2D eigenvalue weighted by atomic mass is 32.2. The summed E-state index contributed by atoms with van der Waals surface area (Å²) in [5.74, 6) is 1.43. The van der Waals surface area contributed by atoms with Crippen LogP contribution < -0.4 is 0 Å². The third-order valence-corrected chi connectivity index (χ3v) is 8.65. The van der Waals surface area contributed by atoms with Gasteiger partial charge in [-0.3, -0.25) is 14.6 Å². The van der Waals surface area contributed by atoms with Crippen molar-refractivity contribution >= 4 is 17.7 Å². The normalized spacial score (nSPS) is 19.7. The van der Waals surface area contributed by atoms with Crippen molar-refractivity contribution in [2.24, 2.45) is 0 Å². The van der Waals surface area contributed by atoms with Gasteiger partial charge in [-0.15, -0.1) is 0 Å². The van der Waals surface area contributed by atoms with Gasteiger partial charge >= 0.3 is 12.4 Å². The number of nitrogens with zero attached hydrogens (tertiary/aromatic N) is 3. The molecule has 4 nitrogen and oxygen atoms in total. The van der Waals surface area contributed by atoms with Crippen molar-refractivity contribution < 1.29 is 31.1 Å². The Morgan fingerprint density at radius 1 is 0.829 bits per heavy atom. The molecule has 2 aromatic rings. The molecule has 2 saturated heterocycles. The van der Waals surface area contributed by atoms with Crippen molar-refractivity contribution in [2.75, 3.05) is 57.3 Å².